The maximum Gasteiger partial charge on any atom is 0.154 e. The number of hydrogen-bond donors (Lipinski definition) is 2. The van der Waals surface area contributed by atoms with Crippen LogP contribution in [0.4, 0.5) is 11.4 Å². The Labute approximate surface area is 108 Å². The molecule has 0 unspecified atom stereocenters. The van der Waals surface area contributed by atoms with Crippen LogP contribution in [-0.2, 0) is 9.84 Å². The number of nitrogens with two attached hydrogens (primary N) is 1. The molecule has 0 aliphatic rings. The van der Waals surface area contributed by atoms with Crippen LogP contribution in [-0.4, -0.2) is 33.1 Å². The van der Waals surface area contributed by atoms with Crippen molar-refractivity contribution in [2.45, 2.75) is 18.6 Å². The topological polar surface area (TPSA) is 81.4 Å². The molecule has 0 saturated carbocycles. The minimum Gasteiger partial charge on any atom is -0.495 e. The number of methoxy groups -OCH3 is 1. The minimum absolute atomic E-state index is 0.318. The van der Waals surface area contributed by atoms with Crippen molar-refractivity contribution in [2.75, 3.05) is 31.0 Å². The van der Waals surface area contributed by atoms with E-state index in [0.29, 0.717) is 18.0 Å². The average Bonchev–Trinajstić information content (AvgIpc) is 2.26. The lowest BCUT2D eigenvalue weighted by Gasteiger charge is -2.23. The predicted octanol–water partition coefficient (Wildman–Crippen LogP) is 1.51. The number of sulfone groups is 1. The van der Waals surface area contributed by atoms with Crippen molar-refractivity contribution in [3.8, 4) is 5.75 Å². The first-order valence-corrected chi connectivity index (χ1v) is 7.43. The molecular weight excluding hydrogens is 252 g/mol. The molecule has 0 radical (unpaired) electrons. The zero-order chi connectivity index (χ0) is 14.0. The van der Waals surface area contributed by atoms with Crippen molar-refractivity contribution in [3.05, 3.63) is 18.2 Å². The first kappa shape index (κ1) is 14.6. The van der Waals surface area contributed by atoms with Gasteiger partial charge in [0.2, 0.25) is 0 Å². The van der Waals surface area contributed by atoms with Crippen LogP contribution in [0.15, 0.2) is 18.2 Å². The summed E-state index contributed by atoms with van der Waals surface area (Å²) in [5, 5.41) is 3.08. The van der Waals surface area contributed by atoms with Gasteiger partial charge in [-0.1, -0.05) is 0 Å². The van der Waals surface area contributed by atoms with Gasteiger partial charge in [0.05, 0.1) is 17.5 Å². The van der Waals surface area contributed by atoms with Crippen molar-refractivity contribution in [2.24, 2.45) is 0 Å². The van der Waals surface area contributed by atoms with Crippen molar-refractivity contribution in [3.63, 3.8) is 0 Å². The highest BCUT2D eigenvalue weighted by atomic mass is 32.2. The molecule has 18 heavy (non-hydrogen) atoms. The van der Waals surface area contributed by atoms with Gasteiger partial charge in [-0.25, -0.2) is 8.42 Å². The van der Waals surface area contributed by atoms with Crippen molar-refractivity contribution < 1.29 is 13.2 Å². The fraction of sp³-hybridized carbons (Fsp3) is 0.500. The highest BCUT2D eigenvalue weighted by Gasteiger charge is 2.29. The van der Waals surface area contributed by atoms with Crippen LogP contribution in [0.25, 0.3) is 0 Å². The van der Waals surface area contributed by atoms with Crippen LogP contribution in [0, 0.1) is 0 Å². The summed E-state index contributed by atoms with van der Waals surface area (Å²) in [5.41, 5.74) is 7.02. The van der Waals surface area contributed by atoms with Gasteiger partial charge in [-0.3, -0.25) is 0 Å². The molecule has 1 aromatic carbocycles. The van der Waals surface area contributed by atoms with Gasteiger partial charge in [0.15, 0.2) is 9.84 Å². The second-order valence-corrected chi connectivity index (χ2v) is 7.49. The van der Waals surface area contributed by atoms with E-state index in [4.69, 9.17) is 10.5 Å². The van der Waals surface area contributed by atoms with Crippen LogP contribution in [0.1, 0.15) is 13.8 Å². The molecule has 0 heterocycles. The third-order valence-corrected chi connectivity index (χ3v) is 5.11. The fourth-order valence-electron chi connectivity index (χ4n) is 1.27. The van der Waals surface area contributed by atoms with Crippen molar-refractivity contribution >= 4 is 21.2 Å². The van der Waals surface area contributed by atoms with Crippen molar-refractivity contribution in [1.29, 1.82) is 0 Å². The molecule has 0 spiro atoms. The van der Waals surface area contributed by atoms with Crippen LogP contribution < -0.4 is 15.8 Å². The van der Waals surface area contributed by atoms with Crippen LogP contribution in [0.2, 0.25) is 0 Å². The number of nitrogens with one attached hydrogen (secondary N) is 1. The number of anilines is 2. The Morgan fingerprint density at radius 2 is 2.00 bits per heavy atom. The van der Waals surface area contributed by atoms with Crippen molar-refractivity contribution in [1.82, 2.24) is 0 Å². The molecule has 0 bridgehead atoms. The Bertz CT molecular complexity index is 524. The van der Waals surface area contributed by atoms with E-state index in [1.165, 1.54) is 13.4 Å². The van der Waals surface area contributed by atoms with E-state index in [1.54, 1.807) is 32.0 Å². The van der Waals surface area contributed by atoms with E-state index < -0.39 is 14.6 Å². The third kappa shape index (κ3) is 3.29. The maximum atomic E-state index is 11.6. The predicted molar refractivity (Wildman–Crippen MR) is 74.8 cm³/mol. The second-order valence-electron chi connectivity index (χ2n) is 4.84. The van der Waals surface area contributed by atoms with E-state index in [2.05, 4.69) is 5.32 Å². The number of nitrogen functional groups attached to an aromatic ring is 1. The SMILES string of the molecule is COc1cc(NCC(C)(C)S(C)(=O)=O)ccc1N. The van der Waals surface area contributed by atoms with E-state index >= 15 is 0 Å². The average molecular weight is 272 g/mol. The lowest BCUT2D eigenvalue weighted by Crippen LogP contribution is -2.38. The van der Waals surface area contributed by atoms with Gasteiger partial charge < -0.3 is 15.8 Å². The molecule has 0 amide bonds. The molecule has 0 atom stereocenters. The summed E-state index contributed by atoms with van der Waals surface area (Å²) < 4.78 is 27.4. The summed E-state index contributed by atoms with van der Waals surface area (Å²) in [6.45, 7) is 3.69. The van der Waals surface area contributed by atoms with Gasteiger partial charge >= 0.3 is 0 Å². The van der Waals surface area contributed by atoms with E-state index in [0.717, 1.165) is 5.69 Å². The molecule has 0 fully saturated rings. The zero-order valence-electron chi connectivity index (χ0n) is 11.1. The molecule has 6 heteroatoms. The Hall–Kier alpha value is -1.43. The molecule has 1 rings (SSSR count). The molecule has 0 aliphatic heterocycles. The molecule has 0 aromatic heterocycles. The van der Waals surface area contributed by atoms with Crippen LogP contribution in [0.5, 0.6) is 5.75 Å². The molecule has 1 aromatic rings. The normalized spacial score (nSPS) is 12.2. The molecule has 0 saturated heterocycles. The summed E-state index contributed by atoms with van der Waals surface area (Å²) in [7, 11) is -1.58. The van der Waals surface area contributed by atoms with Gasteiger partial charge in [-0.05, 0) is 26.0 Å². The summed E-state index contributed by atoms with van der Waals surface area (Å²) in [6, 6.07) is 5.25. The monoisotopic (exact) mass is 272 g/mol. The third-order valence-electron chi connectivity index (χ3n) is 2.96. The molecule has 102 valence electrons. The minimum atomic E-state index is -3.11. The number of hydrogen-bond acceptors (Lipinski definition) is 5. The van der Waals surface area contributed by atoms with Gasteiger partial charge in [-0.15, -0.1) is 0 Å². The highest BCUT2D eigenvalue weighted by Crippen LogP contribution is 2.25. The number of benzene rings is 1. The van der Waals surface area contributed by atoms with Crippen LogP contribution in [0.3, 0.4) is 0 Å². The Balaban J connectivity index is 2.82. The highest BCUT2D eigenvalue weighted by molar-refractivity contribution is 7.92. The lowest BCUT2D eigenvalue weighted by atomic mass is 10.2. The summed E-state index contributed by atoms with van der Waals surface area (Å²) >= 11 is 0. The summed E-state index contributed by atoms with van der Waals surface area (Å²) in [5.74, 6) is 0.567. The van der Waals surface area contributed by atoms with Gasteiger partial charge in [0, 0.05) is 24.6 Å². The van der Waals surface area contributed by atoms with E-state index in [-0.39, 0.29) is 0 Å². The van der Waals surface area contributed by atoms with Gasteiger partial charge in [0.1, 0.15) is 5.75 Å². The lowest BCUT2D eigenvalue weighted by molar-refractivity contribution is 0.417. The maximum absolute atomic E-state index is 11.6. The summed E-state index contributed by atoms with van der Waals surface area (Å²) in [4.78, 5) is 0. The van der Waals surface area contributed by atoms with E-state index in [9.17, 15) is 8.42 Å². The summed E-state index contributed by atoms with van der Waals surface area (Å²) in [6.07, 6.45) is 1.23. The molecule has 0 aliphatic carbocycles. The Kier molecular flexibility index (Phi) is 4.11. The first-order chi connectivity index (χ1) is 8.17. The second kappa shape index (κ2) is 5.06. The largest absolute Gasteiger partial charge is 0.495 e. The standard InChI is InChI=1S/C12H20N2O3S/c1-12(2,18(4,15)16)8-14-9-5-6-10(13)11(7-9)17-3/h5-7,14H,8,13H2,1-4H3. The quantitative estimate of drug-likeness (QED) is 0.794. The first-order valence-electron chi connectivity index (χ1n) is 5.54. The van der Waals surface area contributed by atoms with Gasteiger partial charge in [0.25, 0.3) is 0 Å². The van der Waals surface area contributed by atoms with E-state index in [1.807, 2.05) is 0 Å². The number of ether oxygens (including phenoxy) is 1. The smallest absolute Gasteiger partial charge is 0.154 e. The Morgan fingerprint density at radius 3 is 2.50 bits per heavy atom. The Morgan fingerprint density at radius 1 is 1.39 bits per heavy atom. The fourth-order valence-corrected chi connectivity index (χ4v) is 1.60. The molecule has 5 nitrogen and oxygen atoms in total. The molecule has 3 N–H and O–H groups in total. The van der Waals surface area contributed by atoms with Gasteiger partial charge in [-0.2, -0.15) is 0 Å². The number of rotatable bonds is 5. The van der Waals surface area contributed by atoms with Crippen LogP contribution >= 0.6 is 0 Å². The zero-order valence-corrected chi connectivity index (χ0v) is 12.0. The molecular formula is C12H20N2O3S.